The molecule has 0 fully saturated rings. The van der Waals surface area contributed by atoms with Gasteiger partial charge in [-0.15, -0.1) is 0 Å². The summed E-state index contributed by atoms with van der Waals surface area (Å²) < 4.78 is 3.17. The summed E-state index contributed by atoms with van der Waals surface area (Å²) in [6.07, 6.45) is 1.72. The minimum atomic E-state index is 0.0353. The van der Waals surface area contributed by atoms with Gasteiger partial charge in [0.25, 0.3) is 0 Å². The van der Waals surface area contributed by atoms with Gasteiger partial charge in [0.15, 0.2) is 5.16 Å². The maximum absolute atomic E-state index is 9.08. The summed E-state index contributed by atoms with van der Waals surface area (Å²) in [6.45, 7) is 0.0353. The molecule has 90 valence electrons. The zero-order valence-corrected chi connectivity index (χ0v) is 12.4. The molecule has 1 heterocycles. The second-order valence-electron chi connectivity index (χ2n) is 3.66. The molecule has 0 saturated heterocycles. The molecule has 2 rings (SSSR count). The molecular formula is C12H13IN2OS. The van der Waals surface area contributed by atoms with Crippen LogP contribution in [0.2, 0.25) is 0 Å². The number of halogens is 1. The van der Waals surface area contributed by atoms with Crippen LogP contribution in [0.4, 0.5) is 0 Å². The number of nitrogens with zero attached hydrogens (tertiary/aromatic N) is 2. The fraction of sp³-hybridized carbons (Fsp3) is 0.250. The van der Waals surface area contributed by atoms with Crippen molar-refractivity contribution in [2.45, 2.75) is 17.5 Å². The van der Waals surface area contributed by atoms with Crippen molar-refractivity contribution < 1.29 is 5.11 Å². The molecule has 1 aromatic carbocycles. The van der Waals surface area contributed by atoms with E-state index in [1.54, 1.807) is 18.0 Å². The fourth-order valence-corrected chi connectivity index (χ4v) is 2.72. The van der Waals surface area contributed by atoms with E-state index in [9.17, 15) is 0 Å². The predicted octanol–water partition coefficient (Wildman–Crippen LogP) is 2.81. The number of imidazole rings is 1. The number of rotatable bonds is 4. The molecule has 2 aromatic rings. The van der Waals surface area contributed by atoms with E-state index in [1.807, 2.05) is 11.6 Å². The molecule has 0 bridgehead atoms. The van der Waals surface area contributed by atoms with Crippen molar-refractivity contribution in [1.29, 1.82) is 0 Å². The Bertz CT molecular complexity index is 496. The van der Waals surface area contributed by atoms with Crippen LogP contribution in [0.5, 0.6) is 0 Å². The summed E-state index contributed by atoms with van der Waals surface area (Å²) >= 11 is 3.98. The van der Waals surface area contributed by atoms with Gasteiger partial charge in [-0.2, -0.15) is 0 Å². The van der Waals surface area contributed by atoms with Gasteiger partial charge < -0.3 is 9.67 Å². The van der Waals surface area contributed by atoms with Gasteiger partial charge in [-0.3, -0.25) is 0 Å². The molecule has 0 atom stereocenters. The van der Waals surface area contributed by atoms with Gasteiger partial charge in [0.2, 0.25) is 0 Å². The van der Waals surface area contributed by atoms with Gasteiger partial charge >= 0.3 is 0 Å². The number of aromatic nitrogens is 2. The molecular weight excluding hydrogens is 347 g/mol. The second-order valence-corrected chi connectivity index (χ2v) is 5.85. The van der Waals surface area contributed by atoms with E-state index in [2.05, 4.69) is 51.8 Å². The summed E-state index contributed by atoms with van der Waals surface area (Å²) in [5.41, 5.74) is 2.12. The van der Waals surface area contributed by atoms with E-state index < -0.39 is 0 Å². The highest BCUT2D eigenvalue weighted by Crippen LogP contribution is 2.22. The molecule has 0 aliphatic carbocycles. The first-order chi connectivity index (χ1) is 8.20. The summed E-state index contributed by atoms with van der Waals surface area (Å²) in [7, 11) is 1.93. The van der Waals surface area contributed by atoms with Gasteiger partial charge in [0.1, 0.15) is 0 Å². The van der Waals surface area contributed by atoms with Gasteiger partial charge in [-0.1, -0.05) is 23.9 Å². The van der Waals surface area contributed by atoms with Crippen molar-refractivity contribution in [2.24, 2.45) is 7.05 Å². The smallest absolute Gasteiger partial charge is 0.168 e. The fourth-order valence-electron chi connectivity index (χ4n) is 1.44. The van der Waals surface area contributed by atoms with Crippen molar-refractivity contribution in [3.05, 3.63) is 45.3 Å². The zero-order valence-electron chi connectivity index (χ0n) is 9.43. The van der Waals surface area contributed by atoms with Crippen LogP contribution in [0.1, 0.15) is 11.3 Å². The van der Waals surface area contributed by atoms with Crippen LogP contribution in [0.25, 0.3) is 0 Å². The third kappa shape index (κ3) is 3.23. The zero-order chi connectivity index (χ0) is 12.3. The van der Waals surface area contributed by atoms with E-state index >= 15 is 0 Å². The highest BCUT2D eigenvalue weighted by atomic mass is 127. The highest BCUT2D eigenvalue weighted by molar-refractivity contribution is 14.1. The lowest BCUT2D eigenvalue weighted by molar-refractivity contribution is 0.271. The lowest BCUT2D eigenvalue weighted by Crippen LogP contribution is -1.97. The minimum Gasteiger partial charge on any atom is -0.390 e. The summed E-state index contributed by atoms with van der Waals surface area (Å²) in [5, 5.41) is 10.0. The minimum absolute atomic E-state index is 0.0353. The molecule has 5 heteroatoms. The Labute approximate surface area is 118 Å². The van der Waals surface area contributed by atoms with E-state index in [1.165, 1.54) is 9.13 Å². The molecule has 0 amide bonds. The van der Waals surface area contributed by atoms with Gasteiger partial charge in [0, 0.05) is 16.4 Å². The van der Waals surface area contributed by atoms with Crippen molar-refractivity contribution >= 4 is 34.4 Å². The maximum Gasteiger partial charge on any atom is 0.168 e. The first kappa shape index (κ1) is 12.9. The van der Waals surface area contributed by atoms with E-state index in [4.69, 9.17) is 5.11 Å². The molecule has 0 aliphatic rings. The van der Waals surface area contributed by atoms with Crippen LogP contribution in [0.3, 0.4) is 0 Å². The summed E-state index contributed by atoms with van der Waals surface area (Å²) in [5.74, 6) is 0.895. The van der Waals surface area contributed by atoms with E-state index in [0.717, 1.165) is 16.6 Å². The Balaban J connectivity index is 2.02. The van der Waals surface area contributed by atoms with Gasteiger partial charge in [-0.05, 0) is 40.3 Å². The number of thioether (sulfide) groups is 1. The van der Waals surface area contributed by atoms with Crippen molar-refractivity contribution in [1.82, 2.24) is 9.55 Å². The van der Waals surface area contributed by atoms with Crippen LogP contribution in [0.15, 0.2) is 35.6 Å². The Morgan fingerprint density at radius 1 is 1.35 bits per heavy atom. The highest BCUT2D eigenvalue weighted by Gasteiger charge is 2.06. The van der Waals surface area contributed by atoms with Crippen LogP contribution >= 0.6 is 34.4 Å². The first-order valence-corrected chi connectivity index (χ1v) is 7.26. The topological polar surface area (TPSA) is 38.0 Å². The standard InChI is InChI=1S/C12H13IN2OS/c1-15-11(7-16)6-14-12(15)17-8-9-2-4-10(13)5-3-9/h2-6,16H,7-8H2,1H3. The first-order valence-electron chi connectivity index (χ1n) is 5.19. The van der Waals surface area contributed by atoms with E-state index in [-0.39, 0.29) is 6.61 Å². The van der Waals surface area contributed by atoms with Crippen molar-refractivity contribution in [3.63, 3.8) is 0 Å². The molecule has 0 saturated carbocycles. The molecule has 0 aliphatic heterocycles. The molecule has 1 aromatic heterocycles. The lowest BCUT2D eigenvalue weighted by Gasteiger charge is -2.04. The molecule has 0 spiro atoms. The van der Waals surface area contributed by atoms with Crippen molar-refractivity contribution in [2.75, 3.05) is 0 Å². The Hall–Kier alpha value is -0.530. The lowest BCUT2D eigenvalue weighted by atomic mass is 10.2. The van der Waals surface area contributed by atoms with E-state index in [0.29, 0.717) is 0 Å². The summed E-state index contributed by atoms with van der Waals surface area (Å²) in [4.78, 5) is 4.28. The number of hydrogen-bond acceptors (Lipinski definition) is 3. The average molecular weight is 360 g/mol. The molecule has 1 N–H and O–H groups in total. The van der Waals surface area contributed by atoms with Crippen LogP contribution in [-0.4, -0.2) is 14.7 Å². The average Bonchev–Trinajstić information content (AvgIpc) is 2.69. The van der Waals surface area contributed by atoms with Crippen LogP contribution in [0, 0.1) is 3.57 Å². The molecule has 3 nitrogen and oxygen atoms in total. The number of benzene rings is 1. The summed E-state index contributed by atoms with van der Waals surface area (Å²) in [6, 6.07) is 8.47. The monoisotopic (exact) mass is 360 g/mol. The number of aliphatic hydroxyl groups excluding tert-OH is 1. The SMILES string of the molecule is Cn1c(CO)cnc1SCc1ccc(I)cc1. The maximum atomic E-state index is 9.08. The second kappa shape index (κ2) is 5.88. The molecule has 0 unspecified atom stereocenters. The van der Waals surface area contributed by atoms with Gasteiger partial charge in [0.05, 0.1) is 18.5 Å². The Morgan fingerprint density at radius 2 is 2.06 bits per heavy atom. The Kier molecular flexibility index (Phi) is 4.47. The molecule has 0 radical (unpaired) electrons. The third-order valence-electron chi connectivity index (χ3n) is 2.48. The van der Waals surface area contributed by atoms with Crippen LogP contribution < -0.4 is 0 Å². The van der Waals surface area contributed by atoms with Gasteiger partial charge in [-0.25, -0.2) is 4.98 Å². The quantitative estimate of drug-likeness (QED) is 0.673. The third-order valence-corrected chi connectivity index (χ3v) is 4.32. The predicted molar refractivity (Wildman–Crippen MR) is 77.9 cm³/mol. The number of aliphatic hydroxyl groups is 1. The van der Waals surface area contributed by atoms with Crippen molar-refractivity contribution in [3.8, 4) is 0 Å². The Morgan fingerprint density at radius 3 is 2.65 bits per heavy atom. The normalized spacial score (nSPS) is 10.8. The largest absolute Gasteiger partial charge is 0.390 e. The van der Waals surface area contributed by atoms with Crippen LogP contribution in [-0.2, 0) is 19.4 Å². The molecule has 17 heavy (non-hydrogen) atoms. The number of hydrogen-bond donors (Lipinski definition) is 1.